The number of terminal acetylenes is 1. The molecule has 0 aliphatic carbocycles. The Morgan fingerprint density at radius 1 is 1.00 bits per heavy atom. The van der Waals surface area contributed by atoms with Gasteiger partial charge in [0.25, 0.3) is 0 Å². The fourth-order valence-electron chi connectivity index (χ4n) is 1.44. The molecule has 0 N–H and O–H groups in total. The minimum absolute atomic E-state index is 1.05. The molecule has 0 saturated heterocycles. The highest BCUT2D eigenvalue weighted by Crippen LogP contribution is 2.11. The van der Waals surface area contributed by atoms with E-state index >= 15 is 0 Å². The fraction of sp³-hybridized carbons (Fsp3) is 0.529. The number of hydrogen-bond acceptors (Lipinski definition) is 0. The molecule has 0 nitrogen and oxygen atoms in total. The van der Waals surface area contributed by atoms with Gasteiger partial charge in [0, 0.05) is 5.56 Å². The molecule has 0 aromatic heterocycles. The first-order valence-electron chi connectivity index (χ1n) is 6.93. The number of unbranched alkanes of at least 4 members (excludes halogenated alkanes) is 2. The van der Waals surface area contributed by atoms with Gasteiger partial charge in [0.05, 0.1) is 0 Å². The van der Waals surface area contributed by atoms with Crippen molar-refractivity contribution in [1.82, 2.24) is 0 Å². The Morgan fingerprint density at radius 3 is 2.12 bits per heavy atom. The Morgan fingerprint density at radius 2 is 1.59 bits per heavy atom. The predicted octanol–water partition coefficient (Wildman–Crippen LogP) is 5.45. The SMILES string of the molecule is C#Cc1ccccc1CCCCC.CC.CC. The zero-order valence-corrected chi connectivity index (χ0v) is 12.2. The van der Waals surface area contributed by atoms with E-state index < -0.39 is 0 Å². The van der Waals surface area contributed by atoms with Crippen LogP contribution in [0.4, 0.5) is 0 Å². The van der Waals surface area contributed by atoms with Crippen LogP contribution in [-0.2, 0) is 6.42 Å². The minimum atomic E-state index is 1.05. The largest absolute Gasteiger partial charge is 0.115 e. The maximum Gasteiger partial charge on any atom is 0.0274 e. The van der Waals surface area contributed by atoms with Gasteiger partial charge in [0.15, 0.2) is 0 Å². The van der Waals surface area contributed by atoms with Crippen LogP contribution in [0, 0.1) is 12.3 Å². The average Bonchev–Trinajstić information content (AvgIpc) is 2.44. The molecular weight excluding hydrogens is 204 g/mol. The standard InChI is InChI=1S/C13H16.2C2H6/c1-3-5-6-10-13-11-8-7-9-12(13)4-2;2*1-2/h2,7-9,11H,3,5-6,10H2,1H3;2*1-2H3. The van der Waals surface area contributed by atoms with Crippen LogP contribution in [0.3, 0.4) is 0 Å². The Hall–Kier alpha value is -1.22. The summed E-state index contributed by atoms with van der Waals surface area (Å²) in [7, 11) is 0. The summed E-state index contributed by atoms with van der Waals surface area (Å²) in [6.45, 7) is 10.2. The van der Waals surface area contributed by atoms with Crippen LogP contribution in [0.5, 0.6) is 0 Å². The second kappa shape index (κ2) is 14.8. The van der Waals surface area contributed by atoms with E-state index in [9.17, 15) is 0 Å². The molecule has 1 aromatic rings. The van der Waals surface area contributed by atoms with Crippen LogP contribution in [0.15, 0.2) is 24.3 Å². The molecule has 0 heterocycles. The van der Waals surface area contributed by atoms with Gasteiger partial charge in [-0.3, -0.25) is 0 Å². The van der Waals surface area contributed by atoms with Gasteiger partial charge in [-0.2, -0.15) is 0 Å². The van der Waals surface area contributed by atoms with Crippen LogP contribution in [-0.4, -0.2) is 0 Å². The van der Waals surface area contributed by atoms with Crippen molar-refractivity contribution in [1.29, 1.82) is 0 Å². The summed E-state index contributed by atoms with van der Waals surface area (Å²) >= 11 is 0. The topological polar surface area (TPSA) is 0 Å². The molecule has 0 bridgehead atoms. The number of hydrogen-bond donors (Lipinski definition) is 0. The monoisotopic (exact) mass is 232 g/mol. The first-order chi connectivity index (χ1) is 8.38. The van der Waals surface area contributed by atoms with Gasteiger partial charge in [-0.05, 0) is 24.5 Å². The van der Waals surface area contributed by atoms with Gasteiger partial charge in [0.1, 0.15) is 0 Å². The van der Waals surface area contributed by atoms with Gasteiger partial charge >= 0.3 is 0 Å². The summed E-state index contributed by atoms with van der Waals surface area (Å²) in [5, 5.41) is 0. The molecule has 96 valence electrons. The molecule has 0 radical (unpaired) electrons. The van der Waals surface area contributed by atoms with Gasteiger partial charge in [-0.1, -0.05) is 71.6 Å². The molecule has 0 spiro atoms. The highest BCUT2D eigenvalue weighted by Gasteiger charge is 1.97. The van der Waals surface area contributed by atoms with Crippen molar-refractivity contribution in [3.63, 3.8) is 0 Å². The summed E-state index contributed by atoms with van der Waals surface area (Å²) in [6.07, 6.45) is 10.3. The third kappa shape index (κ3) is 8.57. The second-order valence-corrected chi connectivity index (χ2v) is 3.26. The first-order valence-corrected chi connectivity index (χ1v) is 6.93. The summed E-state index contributed by atoms with van der Waals surface area (Å²) in [6, 6.07) is 8.20. The van der Waals surface area contributed by atoms with E-state index in [0.717, 1.165) is 12.0 Å². The first kappa shape index (κ1) is 18.2. The molecule has 0 heteroatoms. The molecule has 0 fully saturated rings. The van der Waals surface area contributed by atoms with Crippen molar-refractivity contribution >= 4 is 0 Å². The zero-order chi connectivity index (χ0) is 13.5. The lowest BCUT2D eigenvalue weighted by molar-refractivity contribution is 0.717. The van der Waals surface area contributed by atoms with E-state index in [-0.39, 0.29) is 0 Å². The van der Waals surface area contributed by atoms with Crippen molar-refractivity contribution < 1.29 is 0 Å². The summed E-state index contributed by atoms with van der Waals surface area (Å²) in [4.78, 5) is 0. The van der Waals surface area contributed by atoms with Crippen LogP contribution >= 0.6 is 0 Å². The molecular formula is C17H28. The lowest BCUT2D eigenvalue weighted by Crippen LogP contribution is -1.89. The van der Waals surface area contributed by atoms with E-state index in [0.29, 0.717) is 0 Å². The third-order valence-electron chi connectivity index (χ3n) is 2.22. The minimum Gasteiger partial charge on any atom is -0.115 e. The molecule has 0 unspecified atom stereocenters. The van der Waals surface area contributed by atoms with Crippen LogP contribution in [0.1, 0.15) is 65.0 Å². The van der Waals surface area contributed by atoms with Gasteiger partial charge < -0.3 is 0 Å². The van der Waals surface area contributed by atoms with Crippen LogP contribution in [0.2, 0.25) is 0 Å². The van der Waals surface area contributed by atoms with E-state index in [1.807, 2.05) is 39.8 Å². The number of rotatable bonds is 4. The maximum atomic E-state index is 5.40. The van der Waals surface area contributed by atoms with Crippen LogP contribution in [0.25, 0.3) is 0 Å². The summed E-state index contributed by atoms with van der Waals surface area (Å²) in [5.41, 5.74) is 2.37. The predicted molar refractivity (Wildman–Crippen MR) is 80.3 cm³/mol. The molecule has 1 rings (SSSR count). The second-order valence-electron chi connectivity index (χ2n) is 3.26. The van der Waals surface area contributed by atoms with Crippen molar-refractivity contribution in [3.8, 4) is 12.3 Å². The molecule has 0 aliphatic rings. The smallest absolute Gasteiger partial charge is 0.0274 e. The Labute approximate surface area is 108 Å². The van der Waals surface area contributed by atoms with Gasteiger partial charge in [-0.15, -0.1) is 6.42 Å². The molecule has 0 amide bonds. The number of aryl methyl sites for hydroxylation is 1. The van der Waals surface area contributed by atoms with E-state index in [2.05, 4.69) is 25.0 Å². The van der Waals surface area contributed by atoms with Crippen molar-refractivity contribution in [2.24, 2.45) is 0 Å². The van der Waals surface area contributed by atoms with E-state index in [1.54, 1.807) is 0 Å². The molecule has 0 aliphatic heterocycles. The Kier molecular flexibility index (Phi) is 15.8. The summed E-state index contributed by atoms with van der Waals surface area (Å²) < 4.78 is 0. The van der Waals surface area contributed by atoms with E-state index in [1.165, 1.54) is 24.8 Å². The normalized spacial score (nSPS) is 8.00. The quantitative estimate of drug-likeness (QED) is 0.478. The van der Waals surface area contributed by atoms with Crippen molar-refractivity contribution in [2.75, 3.05) is 0 Å². The van der Waals surface area contributed by atoms with Gasteiger partial charge in [0.2, 0.25) is 0 Å². The molecule has 0 atom stereocenters. The lowest BCUT2D eigenvalue weighted by Gasteiger charge is -2.02. The molecule has 17 heavy (non-hydrogen) atoms. The highest BCUT2D eigenvalue weighted by molar-refractivity contribution is 5.39. The number of benzene rings is 1. The maximum absolute atomic E-state index is 5.40. The van der Waals surface area contributed by atoms with Crippen molar-refractivity contribution in [2.45, 2.75) is 60.3 Å². The third-order valence-corrected chi connectivity index (χ3v) is 2.22. The van der Waals surface area contributed by atoms with Gasteiger partial charge in [-0.25, -0.2) is 0 Å². The Bertz CT molecular complexity index is 291. The van der Waals surface area contributed by atoms with Crippen LogP contribution < -0.4 is 0 Å². The lowest BCUT2D eigenvalue weighted by atomic mass is 10.0. The summed E-state index contributed by atoms with van der Waals surface area (Å²) in [5.74, 6) is 2.72. The highest BCUT2D eigenvalue weighted by atomic mass is 14.0. The zero-order valence-electron chi connectivity index (χ0n) is 12.2. The molecule has 0 saturated carbocycles. The Balaban J connectivity index is 0. The average molecular weight is 232 g/mol. The fourth-order valence-corrected chi connectivity index (χ4v) is 1.44. The molecule has 1 aromatic carbocycles. The van der Waals surface area contributed by atoms with Crippen molar-refractivity contribution in [3.05, 3.63) is 35.4 Å². The van der Waals surface area contributed by atoms with E-state index in [4.69, 9.17) is 6.42 Å².